The Bertz CT molecular complexity index is 1270. The number of ether oxygens (including phenoxy) is 3. The lowest BCUT2D eigenvalue weighted by atomic mass is 10.1. The minimum Gasteiger partial charge on any atom is -0.462 e. The van der Waals surface area contributed by atoms with E-state index >= 15 is 0 Å². The van der Waals surface area contributed by atoms with Gasteiger partial charge in [-0.2, -0.15) is 0 Å². The molecule has 1 atom stereocenters. The molecular formula is C59H100O6. The van der Waals surface area contributed by atoms with Crippen LogP contribution in [0.2, 0.25) is 0 Å². The molecule has 372 valence electrons. The first-order valence-electron chi connectivity index (χ1n) is 27.1. The van der Waals surface area contributed by atoms with Crippen LogP contribution in [0.25, 0.3) is 0 Å². The summed E-state index contributed by atoms with van der Waals surface area (Å²) in [6.07, 6.45) is 68.5. The maximum absolute atomic E-state index is 12.8. The van der Waals surface area contributed by atoms with Gasteiger partial charge in [0.05, 0.1) is 0 Å². The van der Waals surface area contributed by atoms with Crippen LogP contribution in [0.5, 0.6) is 0 Å². The molecule has 0 aliphatic rings. The third-order valence-electron chi connectivity index (χ3n) is 11.4. The summed E-state index contributed by atoms with van der Waals surface area (Å²) in [5.41, 5.74) is 0. The molecule has 0 aliphatic carbocycles. The van der Waals surface area contributed by atoms with Gasteiger partial charge in [-0.3, -0.25) is 14.4 Å². The van der Waals surface area contributed by atoms with Crippen LogP contribution in [0.3, 0.4) is 0 Å². The summed E-state index contributed by atoms with van der Waals surface area (Å²) in [5.74, 6) is -0.921. The predicted octanol–water partition coefficient (Wildman–Crippen LogP) is 18.0. The van der Waals surface area contributed by atoms with Gasteiger partial charge >= 0.3 is 17.9 Å². The highest BCUT2D eigenvalue weighted by Gasteiger charge is 2.19. The fraction of sp³-hybridized carbons (Fsp3) is 0.712. The number of rotatable bonds is 48. The fourth-order valence-corrected chi connectivity index (χ4v) is 7.32. The summed E-state index contributed by atoms with van der Waals surface area (Å²) in [4.78, 5) is 38.0. The molecule has 6 nitrogen and oxygen atoms in total. The molecule has 0 aromatic heterocycles. The van der Waals surface area contributed by atoms with Crippen molar-refractivity contribution in [1.29, 1.82) is 0 Å². The summed E-state index contributed by atoms with van der Waals surface area (Å²) in [5, 5.41) is 0. The number of hydrogen-bond donors (Lipinski definition) is 0. The minimum absolute atomic E-state index is 0.0868. The summed E-state index contributed by atoms with van der Waals surface area (Å²) < 4.78 is 16.8. The number of esters is 3. The molecule has 6 heteroatoms. The van der Waals surface area contributed by atoms with Gasteiger partial charge in [0, 0.05) is 19.3 Å². The number of carbonyl (C=O) groups excluding carboxylic acids is 3. The Morgan fingerprint density at radius 2 is 0.600 bits per heavy atom. The van der Waals surface area contributed by atoms with Crippen LogP contribution in [0.1, 0.15) is 252 Å². The molecule has 0 radical (unpaired) electrons. The van der Waals surface area contributed by atoms with Crippen molar-refractivity contribution in [3.63, 3.8) is 0 Å². The molecule has 0 amide bonds. The standard InChI is InChI=1S/C59H100O6/c1-4-7-10-13-16-19-22-24-26-27-28-29-30-31-32-33-34-36-37-40-43-46-49-52-58(61)64-55-56(54-63-57(60)51-48-45-42-39-21-18-15-12-9-6-3)65-59(62)53-50-47-44-41-38-35-25-23-20-17-14-11-8-5-2/h7,10,16,19,23-26,28-29,31-32,34,36,56H,4-6,8-9,11-15,17-18,20-22,27,30,33,35,37-55H2,1-3H3/b10-7-,19-16-,25-23-,26-24-,29-28-,32-31-,36-34-. The third kappa shape index (κ3) is 51.4. The first-order chi connectivity index (χ1) is 32.0. The molecule has 65 heavy (non-hydrogen) atoms. The molecule has 0 rings (SSSR count). The number of unbranched alkanes of at least 4 members (excludes halogenated alkanes) is 23. The second kappa shape index (κ2) is 53.2. The van der Waals surface area contributed by atoms with E-state index in [0.29, 0.717) is 19.3 Å². The van der Waals surface area contributed by atoms with Crippen LogP contribution < -0.4 is 0 Å². The van der Waals surface area contributed by atoms with E-state index < -0.39 is 6.10 Å². The molecule has 0 aromatic carbocycles. The van der Waals surface area contributed by atoms with Crippen molar-refractivity contribution in [3.8, 4) is 0 Å². The zero-order chi connectivity index (χ0) is 47.2. The molecule has 0 saturated heterocycles. The fourth-order valence-electron chi connectivity index (χ4n) is 7.32. The smallest absolute Gasteiger partial charge is 0.306 e. The Hall–Kier alpha value is -3.41. The maximum atomic E-state index is 12.8. The summed E-state index contributed by atoms with van der Waals surface area (Å²) >= 11 is 0. The number of carbonyl (C=O) groups is 3. The topological polar surface area (TPSA) is 78.9 Å². The quantitative estimate of drug-likeness (QED) is 0.0262. The Kier molecular flexibility index (Phi) is 50.4. The molecular weight excluding hydrogens is 805 g/mol. The SMILES string of the molecule is CC/C=C\C/C=C\C/C=C\C/C=C\C/C=C\C/C=C\CCCCCCC(=O)OCC(COC(=O)CCCCCCCCCCCC)OC(=O)CCCCCCC/C=C\CCCCCCC. The van der Waals surface area contributed by atoms with Crippen LogP contribution in [0.15, 0.2) is 85.1 Å². The van der Waals surface area contributed by atoms with Crippen molar-refractivity contribution in [2.24, 2.45) is 0 Å². The Balaban J connectivity index is 4.37. The van der Waals surface area contributed by atoms with E-state index in [9.17, 15) is 14.4 Å². The molecule has 0 fully saturated rings. The molecule has 0 saturated carbocycles. The van der Waals surface area contributed by atoms with Crippen LogP contribution in [0.4, 0.5) is 0 Å². The number of allylic oxidation sites excluding steroid dienone is 14. The summed E-state index contributed by atoms with van der Waals surface area (Å²) in [7, 11) is 0. The van der Waals surface area contributed by atoms with Crippen LogP contribution >= 0.6 is 0 Å². The summed E-state index contributed by atoms with van der Waals surface area (Å²) in [6.45, 7) is 6.47. The van der Waals surface area contributed by atoms with Crippen molar-refractivity contribution in [1.82, 2.24) is 0 Å². The zero-order valence-corrected chi connectivity index (χ0v) is 42.5. The van der Waals surface area contributed by atoms with Crippen LogP contribution in [-0.4, -0.2) is 37.2 Å². The highest BCUT2D eigenvalue weighted by atomic mass is 16.6. The van der Waals surface area contributed by atoms with E-state index in [1.165, 1.54) is 89.9 Å². The van der Waals surface area contributed by atoms with Crippen molar-refractivity contribution < 1.29 is 28.6 Å². The molecule has 1 unspecified atom stereocenters. The second-order valence-corrected chi connectivity index (χ2v) is 17.8. The Labute approximate surface area is 401 Å². The average Bonchev–Trinajstić information content (AvgIpc) is 3.30. The highest BCUT2D eigenvalue weighted by molar-refractivity contribution is 5.71. The normalized spacial score (nSPS) is 12.7. The van der Waals surface area contributed by atoms with Gasteiger partial charge in [-0.25, -0.2) is 0 Å². The highest BCUT2D eigenvalue weighted by Crippen LogP contribution is 2.14. The Morgan fingerprint density at radius 3 is 0.954 bits per heavy atom. The van der Waals surface area contributed by atoms with Gasteiger partial charge < -0.3 is 14.2 Å². The lowest BCUT2D eigenvalue weighted by Gasteiger charge is -2.18. The van der Waals surface area contributed by atoms with Gasteiger partial charge in [0.1, 0.15) is 13.2 Å². The maximum Gasteiger partial charge on any atom is 0.306 e. The largest absolute Gasteiger partial charge is 0.462 e. The molecule has 0 spiro atoms. The van der Waals surface area contributed by atoms with E-state index in [0.717, 1.165) is 122 Å². The van der Waals surface area contributed by atoms with Gasteiger partial charge in [-0.1, -0.05) is 221 Å². The Morgan fingerprint density at radius 1 is 0.323 bits per heavy atom. The lowest BCUT2D eigenvalue weighted by Crippen LogP contribution is -2.30. The van der Waals surface area contributed by atoms with Crippen molar-refractivity contribution >= 4 is 17.9 Å². The molecule has 0 aliphatic heterocycles. The van der Waals surface area contributed by atoms with Gasteiger partial charge in [0.15, 0.2) is 6.10 Å². The predicted molar refractivity (Wildman–Crippen MR) is 279 cm³/mol. The van der Waals surface area contributed by atoms with Crippen molar-refractivity contribution in [2.75, 3.05) is 13.2 Å². The third-order valence-corrected chi connectivity index (χ3v) is 11.4. The monoisotopic (exact) mass is 905 g/mol. The van der Waals surface area contributed by atoms with E-state index in [4.69, 9.17) is 14.2 Å². The zero-order valence-electron chi connectivity index (χ0n) is 42.5. The first-order valence-corrected chi connectivity index (χ1v) is 27.1. The average molecular weight is 905 g/mol. The van der Waals surface area contributed by atoms with E-state index in [1.54, 1.807) is 0 Å². The van der Waals surface area contributed by atoms with Crippen molar-refractivity contribution in [3.05, 3.63) is 85.1 Å². The van der Waals surface area contributed by atoms with Gasteiger partial charge in [-0.15, -0.1) is 0 Å². The second-order valence-electron chi connectivity index (χ2n) is 17.8. The van der Waals surface area contributed by atoms with Gasteiger partial charge in [-0.05, 0) is 96.3 Å². The molecule has 0 heterocycles. The minimum atomic E-state index is -0.789. The van der Waals surface area contributed by atoms with Crippen LogP contribution in [0, 0.1) is 0 Å². The molecule has 0 N–H and O–H groups in total. The van der Waals surface area contributed by atoms with Gasteiger partial charge in [0.25, 0.3) is 0 Å². The molecule has 0 aromatic rings. The van der Waals surface area contributed by atoms with E-state index in [1.807, 2.05) is 0 Å². The lowest BCUT2D eigenvalue weighted by molar-refractivity contribution is -0.167. The number of hydrogen-bond acceptors (Lipinski definition) is 6. The van der Waals surface area contributed by atoms with Crippen molar-refractivity contribution in [2.45, 2.75) is 258 Å². The molecule has 0 bridgehead atoms. The summed E-state index contributed by atoms with van der Waals surface area (Å²) in [6, 6.07) is 0. The van der Waals surface area contributed by atoms with E-state index in [2.05, 4.69) is 106 Å². The van der Waals surface area contributed by atoms with Gasteiger partial charge in [0.2, 0.25) is 0 Å². The first kappa shape index (κ1) is 61.6. The van der Waals surface area contributed by atoms with Crippen LogP contribution in [-0.2, 0) is 28.6 Å². The van der Waals surface area contributed by atoms with E-state index in [-0.39, 0.29) is 31.1 Å².